The molecule has 4 nitrogen and oxygen atoms in total. The van der Waals surface area contributed by atoms with Crippen LogP contribution in [0.15, 0.2) is 24.3 Å². The number of benzene rings is 1. The second kappa shape index (κ2) is 8.92. The average molecular weight is 319 g/mol. The van der Waals surface area contributed by atoms with Crippen LogP contribution in [-0.4, -0.2) is 31.8 Å². The number of carbonyl (C=O) groups excluding carboxylic acids is 1. The molecule has 0 saturated carbocycles. The number of hydrogen-bond acceptors (Lipinski definition) is 3. The molecule has 1 aromatic rings. The highest BCUT2D eigenvalue weighted by atomic mass is 16.5. The number of hydrogen-bond donors (Lipinski definition) is 1. The van der Waals surface area contributed by atoms with Crippen molar-refractivity contribution in [2.24, 2.45) is 11.8 Å². The summed E-state index contributed by atoms with van der Waals surface area (Å²) in [5.41, 5.74) is 1.16. The Bertz CT molecular complexity index is 484. The van der Waals surface area contributed by atoms with Crippen LogP contribution in [0.2, 0.25) is 0 Å². The number of ether oxygens (including phenoxy) is 2. The zero-order valence-corrected chi connectivity index (χ0v) is 14.5. The fourth-order valence-electron chi connectivity index (χ4n) is 2.60. The Hall–Kier alpha value is -1.55. The van der Waals surface area contributed by atoms with Crippen molar-refractivity contribution in [2.75, 3.05) is 19.8 Å². The first-order valence-corrected chi connectivity index (χ1v) is 8.66. The van der Waals surface area contributed by atoms with Crippen LogP contribution in [0, 0.1) is 11.8 Å². The van der Waals surface area contributed by atoms with E-state index in [2.05, 4.69) is 19.2 Å². The SMILES string of the molecule is CC(C)[C@H]1COCCCCOc2ccc(cc2)C[C@@H](C)C(=O)N1. The molecule has 1 N–H and O–H groups in total. The van der Waals surface area contributed by atoms with Crippen LogP contribution < -0.4 is 10.1 Å². The number of carbonyl (C=O) groups is 1. The van der Waals surface area contributed by atoms with Crippen molar-refractivity contribution in [2.45, 2.75) is 46.1 Å². The van der Waals surface area contributed by atoms with Gasteiger partial charge in [0.05, 0.1) is 19.3 Å². The largest absolute Gasteiger partial charge is 0.494 e. The van der Waals surface area contributed by atoms with Gasteiger partial charge in [-0.2, -0.15) is 0 Å². The molecule has 0 aliphatic carbocycles. The fourth-order valence-corrected chi connectivity index (χ4v) is 2.60. The highest BCUT2D eigenvalue weighted by Crippen LogP contribution is 2.16. The zero-order valence-electron chi connectivity index (χ0n) is 14.5. The summed E-state index contributed by atoms with van der Waals surface area (Å²) >= 11 is 0. The number of nitrogens with one attached hydrogen (secondary N) is 1. The summed E-state index contributed by atoms with van der Waals surface area (Å²) in [7, 11) is 0. The minimum Gasteiger partial charge on any atom is -0.494 e. The molecule has 2 aliphatic rings. The average Bonchev–Trinajstić information content (AvgIpc) is 2.53. The molecule has 2 heterocycles. The molecular weight excluding hydrogens is 290 g/mol. The van der Waals surface area contributed by atoms with E-state index in [-0.39, 0.29) is 17.9 Å². The standard InChI is InChI=1S/C19H29NO3/c1-14(2)18-13-22-10-4-5-11-23-17-8-6-16(7-9-17)12-15(3)19(21)20-18/h6-9,14-15,18H,4-5,10-13H2,1-3H3,(H,20,21)/t15-,18-/m1/s1. The van der Waals surface area contributed by atoms with Crippen molar-refractivity contribution in [3.63, 3.8) is 0 Å². The molecule has 0 spiro atoms. The van der Waals surface area contributed by atoms with Crippen LogP contribution in [-0.2, 0) is 16.0 Å². The lowest BCUT2D eigenvalue weighted by molar-refractivity contribution is -0.126. The third-order valence-electron chi connectivity index (χ3n) is 4.29. The quantitative estimate of drug-likeness (QED) is 0.865. The molecule has 0 fully saturated rings. The summed E-state index contributed by atoms with van der Waals surface area (Å²) in [6.07, 6.45) is 2.67. The van der Waals surface area contributed by atoms with E-state index in [9.17, 15) is 4.79 Å². The van der Waals surface area contributed by atoms with E-state index in [4.69, 9.17) is 9.47 Å². The molecule has 0 unspecified atom stereocenters. The van der Waals surface area contributed by atoms with Crippen LogP contribution in [0.25, 0.3) is 0 Å². The topological polar surface area (TPSA) is 47.6 Å². The van der Waals surface area contributed by atoms with E-state index >= 15 is 0 Å². The Morgan fingerprint density at radius 2 is 1.83 bits per heavy atom. The fraction of sp³-hybridized carbons (Fsp3) is 0.632. The highest BCUT2D eigenvalue weighted by Gasteiger charge is 2.20. The van der Waals surface area contributed by atoms with Crippen molar-refractivity contribution in [1.82, 2.24) is 5.32 Å². The predicted octanol–water partition coefficient (Wildman–Crippen LogP) is 3.20. The maximum absolute atomic E-state index is 12.4. The maximum Gasteiger partial charge on any atom is 0.223 e. The Balaban J connectivity index is 2.06. The Morgan fingerprint density at radius 3 is 2.52 bits per heavy atom. The van der Waals surface area contributed by atoms with Gasteiger partial charge in [-0.15, -0.1) is 0 Å². The monoisotopic (exact) mass is 319 g/mol. The molecule has 2 atom stereocenters. The van der Waals surface area contributed by atoms with E-state index in [0.717, 1.165) is 30.6 Å². The first-order chi connectivity index (χ1) is 11.1. The van der Waals surface area contributed by atoms with Crippen molar-refractivity contribution in [1.29, 1.82) is 0 Å². The Morgan fingerprint density at radius 1 is 1.13 bits per heavy atom. The van der Waals surface area contributed by atoms with Gasteiger partial charge < -0.3 is 14.8 Å². The third kappa shape index (κ3) is 5.87. The lowest BCUT2D eigenvalue weighted by Gasteiger charge is -2.24. The van der Waals surface area contributed by atoms with E-state index in [0.29, 0.717) is 25.7 Å². The Kier molecular flexibility index (Phi) is 6.90. The molecule has 1 amide bonds. The van der Waals surface area contributed by atoms with Crippen molar-refractivity contribution < 1.29 is 14.3 Å². The second-order valence-corrected chi connectivity index (χ2v) is 6.74. The zero-order chi connectivity index (χ0) is 16.7. The summed E-state index contributed by atoms with van der Waals surface area (Å²) in [5.74, 6) is 1.28. The van der Waals surface area contributed by atoms with Gasteiger partial charge in [0.25, 0.3) is 0 Å². The van der Waals surface area contributed by atoms with Gasteiger partial charge >= 0.3 is 0 Å². The van der Waals surface area contributed by atoms with Crippen LogP contribution in [0.1, 0.15) is 39.2 Å². The van der Waals surface area contributed by atoms with Gasteiger partial charge in [0.15, 0.2) is 0 Å². The summed E-state index contributed by atoms with van der Waals surface area (Å²) in [6, 6.07) is 8.14. The summed E-state index contributed by atoms with van der Waals surface area (Å²) in [5, 5.41) is 3.15. The van der Waals surface area contributed by atoms with Crippen molar-refractivity contribution in [3.05, 3.63) is 29.8 Å². The Labute approximate surface area is 139 Å². The highest BCUT2D eigenvalue weighted by molar-refractivity contribution is 5.78. The van der Waals surface area contributed by atoms with Crippen LogP contribution in [0.3, 0.4) is 0 Å². The first-order valence-electron chi connectivity index (χ1n) is 8.66. The van der Waals surface area contributed by atoms with Crippen LogP contribution >= 0.6 is 0 Å². The lowest BCUT2D eigenvalue weighted by Crippen LogP contribution is -2.44. The summed E-state index contributed by atoms with van der Waals surface area (Å²) < 4.78 is 11.5. The van der Waals surface area contributed by atoms with Gasteiger partial charge in [-0.25, -0.2) is 0 Å². The van der Waals surface area contributed by atoms with Crippen LogP contribution in [0.4, 0.5) is 0 Å². The van der Waals surface area contributed by atoms with Gasteiger partial charge in [0, 0.05) is 12.5 Å². The molecule has 2 aliphatic heterocycles. The van der Waals surface area contributed by atoms with Gasteiger partial charge in [-0.1, -0.05) is 32.9 Å². The van der Waals surface area contributed by atoms with E-state index in [1.165, 1.54) is 0 Å². The summed E-state index contributed by atoms with van der Waals surface area (Å²) in [4.78, 5) is 12.4. The minimum atomic E-state index is -0.0593. The molecule has 0 radical (unpaired) electrons. The van der Waals surface area contributed by atoms with Gasteiger partial charge in [0.1, 0.15) is 5.75 Å². The van der Waals surface area contributed by atoms with E-state index < -0.39 is 0 Å². The lowest BCUT2D eigenvalue weighted by atomic mass is 9.98. The van der Waals surface area contributed by atoms with Gasteiger partial charge in [0.2, 0.25) is 5.91 Å². The van der Waals surface area contributed by atoms with Gasteiger partial charge in [-0.3, -0.25) is 4.79 Å². The predicted molar refractivity (Wildman–Crippen MR) is 91.6 cm³/mol. The minimum absolute atomic E-state index is 0.0593. The molecule has 0 saturated heterocycles. The number of amides is 1. The van der Waals surface area contributed by atoms with Crippen molar-refractivity contribution in [3.8, 4) is 5.75 Å². The smallest absolute Gasteiger partial charge is 0.223 e. The molecule has 128 valence electrons. The number of fused-ring (bicyclic) bond motifs is 13. The first kappa shape index (κ1) is 17.8. The molecule has 2 bridgehead atoms. The normalized spacial score (nSPS) is 24.3. The molecule has 1 aromatic carbocycles. The van der Waals surface area contributed by atoms with E-state index in [1.54, 1.807) is 0 Å². The molecule has 4 heteroatoms. The molecule has 23 heavy (non-hydrogen) atoms. The molecule has 0 aromatic heterocycles. The van der Waals surface area contributed by atoms with Crippen molar-refractivity contribution >= 4 is 5.91 Å². The van der Waals surface area contributed by atoms with E-state index in [1.807, 2.05) is 31.2 Å². The summed E-state index contributed by atoms with van der Waals surface area (Å²) in [6.45, 7) is 8.19. The number of rotatable bonds is 1. The molecular formula is C19H29NO3. The second-order valence-electron chi connectivity index (χ2n) is 6.74. The van der Waals surface area contributed by atoms with Crippen LogP contribution in [0.5, 0.6) is 5.75 Å². The van der Waals surface area contributed by atoms with Gasteiger partial charge in [-0.05, 0) is 42.9 Å². The molecule has 3 rings (SSSR count). The maximum atomic E-state index is 12.4. The third-order valence-corrected chi connectivity index (χ3v) is 4.29.